The number of aliphatic carboxylic acids is 1. The third-order valence-electron chi connectivity index (χ3n) is 3.38. The molecule has 0 heterocycles. The smallest absolute Gasteiger partial charge is 0.317 e. The van der Waals surface area contributed by atoms with Crippen LogP contribution in [0.4, 0.5) is 4.79 Å². The molecule has 2 N–H and O–H groups in total. The van der Waals surface area contributed by atoms with Gasteiger partial charge in [-0.25, -0.2) is 4.79 Å². The van der Waals surface area contributed by atoms with Crippen molar-refractivity contribution >= 4 is 12.0 Å². The van der Waals surface area contributed by atoms with Crippen LogP contribution in [0, 0.1) is 11.8 Å². The molecule has 112 valence electrons. The maximum absolute atomic E-state index is 11.9. The minimum Gasteiger partial charge on any atom is -0.481 e. The average Bonchev–Trinajstić information content (AvgIpc) is 2.32. The van der Waals surface area contributed by atoms with Crippen molar-refractivity contribution in [3.05, 3.63) is 0 Å². The highest BCUT2D eigenvalue weighted by Gasteiger charge is 2.18. The first-order valence-electron chi connectivity index (χ1n) is 7.00. The Kier molecular flexibility index (Phi) is 8.19. The molecule has 0 aliphatic carbocycles. The van der Waals surface area contributed by atoms with E-state index in [4.69, 9.17) is 5.11 Å². The van der Waals surface area contributed by atoms with Gasteiger partial charge in [-0.3, -0.25) is 4.79 Å². The van der Waals surface area contributed by atoms with Gasteiger partial charge in [0.15, 0.2) is 0 Å². The first kappa shape index (κ1) is 17.7. The fourth-order valence-corrected chi connectivity index (χ4v) is 1.98. The second-order valence-corrected chi connectivity index (χ2v) is 5.65. The van der Waals surface area contributed by atoms with Gasteiger partial charge in [-0.1, -0.05) is 20.8 Å². The van der Waals surface area contributed by atoms with E-state index in [1.165, 1.54) is 0 Å². The molecule has 0 saturated carbocycles. The van der Waals surface area contributed by atoms with Crippen molar-refractivity contribution in [2.24, 2.45) is 11.8 Å². The normalized spacial score (nSPS) is 14.0. The van der Waals surface area contributed by atoms with Crippen molar-refractivity contribution in [3.8, 4) is 0 Å². The number of amides is 2. The third-order valence-corrected chi connectivity index (χ3v) is 3.38. The Labute approximate surface area is 116 Å². The van der Waals surface area contributed by atoms with Crippen molar-refractivity contribution in [3.63, 3.8) is 0 Å². The highest BCUT2D eigenvalue weighted by molar-refractivity contribution is 5.74. The molecule has 0 bridgehead atoms. The van der Waals surface area contributed by atoms with Crippen molar-refractivity contribution in [1.82, 2.24) is 10.2 Å². The van der Waals surface area contributed by atoms with E-state index in [0.29, 0.717) is 12.5 Å². The SMILES string of the molecule is CCC(C)N(C)C(=O)NC[C@H](CC(=O)O)CC(C)C. The molecular weight excluding hydrogens is 244 g/mol. The highest BCUT2D eigenvalue weighted by atomic mass is 16.4. The van der Waals surface area contributed by atoms with Crippen LogP contribution >= 0.6 is 0 Å². The van der Waals surface area contributed by atoms with Gasteiger partial charge >= 0.3 is 12.0 Å². The molecule has 0 aromatic carbocycles. The molecule has 5 nitrogen and oxygen atoms in total. The van der Waals surface area contributed by atoms with Crippen molar-refractivity contribution in [2.75, 3.05) is 13.6 Å². The van der Waals surface area contributed by atoms with Crippen molar-refractivity contribution in [2.45, 2.75) is 53.0 Å². The van der Waals surface area contributed by atoms with E-state index in [2.05, 4.69) is 19.2 Å². The second-order valence-electron chi connectivity index (χ2n) is 5.65. The predicted octanol–water partition coefficient (Wildman–Crippen LogP) is 2.56. The summed E-state index contributed by atoms with van der Waals surface area (Å²) in [6.07, 6.45) is 1.81. The van der Waals surface area contributed by atoms with E-state index >= 15 is 0 Å². The third kappa shape index (κ3) is 7.70. The maximum Gasteiger partial charge on any atom is 0.317 e. The zero-order chi connectivity index (χ0) is 15.0. The molecule has 0 aromatic heterocycles. The molecular formula is C14H28N2O3. The summed E-state index contributed by atoms with van der Waals surface area (Å²) in [6, 6.07) is 0.0523. The number of carboxylic acids is 1. The van der Waals surface area contributed by atoms with Gasteiger partial charge in [0.1, 0.15) is 0 Å². The summed E-state index contributed by atoms with van der Waals surface area (Å²) in [5, 5.41) is 11.7. The fraction of sp³-hybridized carbons (Fsp3) is 0.857. The number of urea groups is 1. The molecule has 2 amide bonds. The number of nitrogens with zero attached hydrogens (tertiary/aromatic N) is 1. The van der Waals surface area contributed by atoms with E-state index in [1.807, 2.05) is 13.8 Å². The van der Waals surface area contributed by atoms with Gasteiger partial charge in [0.2, 0.25) is 0 Å². The largest absolute Gasteiger partial charge is 0.481 e. The maximum atomic E-state index is 11.9. The lowest BCUT2D eigenvalue weighted by molar-refractivity contribution is -0.138. The molecule has 0 spiro atoms. The number of hydrogen-bond acceptors (Lipinski definition) is 2. The quantitative estimate of drug-likeness (QED) is 0.713. The Balaban J connectivity index is 4.29. The van der Waals surface area contributed by atoms with E-state index in [1.54, 1.807) is 11.9 Å². The van der Waals surface area contributed by atoms with E-state index in [9.17, 15) is 9.59 Å². The molecule has 0 aliphatic rings. The summed E-state index contributed by atoms with van der Waals surface area (Å²) in [6.45, 7) is 8.55. The van der Waals surface area contributed by atoms with Gasteiger partial charge < -0.3 is 15.3 Å². The molecule has 0 saturated heterocycles. The number of rotatable bonds is 8. The minimum absolute atomic E-state index is 0.00761. The van der Waals surface area contributed by atoms with E-state index in [-0.39, 0.29) is 24.4 Å². The van der Waals surface area contributed by atoms with Gasteiger partial charge in [0.25, 0.3) is 0 Å². The van der Waals surface area contributed by atoms with E-state index in [0.717, 1.165) is 12.8 Å². The van der Waals surface area contributed by atoms with Crippen LogP contribution in [0.3, 0.4) is 0 Å². The first-order valence-corrected chi connectivity index (χ1v) is 7.00. The Morgan fingerprint density at radius 2 is 1.84 bits per heavy atom. The predicted molar refractivity (Wildman–Crippen MR) is 76.1 cm³/mol. The average molecular weight is 272 g/mol. The van der Waals surface area contributed by atoms with Crippen LogP contribution < -0.4 is 5.32 Å². The van der Waals surface area contributed by atoms with Crippen LogP contribution in [0.1, 0.15) is 47.0 Å². The number of hydrogen-bond donors (Lipinski definition) is 2. The Morgan fingerprint density at radius 3 is 2.26 bits per heavy atom. The van der Waals surface area contributed by atoms with Crippen molar-refractivity contribution < 1.29 is 14.7 Å². The number of carbonyl (C=O) groups excluding carboxylic acids is 1. The highest BCUT2D eigenvalue weighted by Crippen LogP contribution is 2.15. The molecule has 5 heteroatoms. The molecule has 19 heavy (non-hydrogen) atoms. The van der Waals surface area contributed by atoms with Gasteiger partial charge in [0, 0.05) is 26.1 Å². The van der Waals surface area contributed by atoms with Crippen LogP contribution in [0.25, 0.3) is 0 Å². The number of nitrogens with one attached hydrogen (secondary N) is 1. The Bertz CT molecular complexity index is 292. The van der Waals surface area contributed by atoms with E-state index < -0.39 is 5.97 Å². The zero-order valence-corrected chi connectivity index (χ0v) is 12.8. The molecule has 0 fully saturated rings. The van der Waals surface area contributed by atoms with Crippen LogP contribution in [0.5, 0.6) is 0 Å². The molecule has 2 atom stereocenters. The summed E-state index contributed by atoms with van der Waals surface area (Å²) >= 11 is 0. The van der Waals surface area contributed by atoms with Gasteiger partial charge in [-0.05, 0) is 31.6 Å². The summed E-state index contributed by atoms with van der Waals surface area (Å²) < 4.78 is 0. The molecule has 0 rings (SSSR count). The van der Waals surface area contributed by atoms with Crippen LogP contribution in [-0.4, -0.2) is 41.6 Å². The molecule has 0 aromatic rings. The Morgan fingerprint density at radius 1 is 1.26 bits per heavy atom. The van der Waals surface area contributed by atoms with Gasteiger partial charge in [0.05, 0.1) is 0 Å². The molecule has 0 aliphatic heterocycles. The van der Waals surface area contributed by atoms with Gasteiger partial charge in [-0.15, -0.1) is 0 Å². The second kappa shape index (κ2) is 8.77. The van der Waals surface area contributed by atoms with Crippen molar-refractivity contribution in [1.29, 1.82) is 0 Å². The zero-order valence-electron chi connectivity index (χ0n) is 12.8. The van der Waals surface area contributed by atoms with Crippen LogP contribution in [0.15, 0.2) is 0 Å². The summed E-state index contributed by atoms with van der Waals surface area (Å²) in [5.41, 5.74) is 0. The first-order chi connectivity index (χ1) is 8.77. The lowest BCUT2D eigenvalue weighted by atomic mass is 9.94. The number of carboxylic acid groups (broad SMARTS) is 1. The van der Waals surface area contributed by atoms with Gasteiger partial charge in [-0.2, -0.15) is 0 Å². The summed E-state index contributed by atoms with van der Waals surface area (Å²) in [5.74, 6) is -0.393. The summed E-state index contributed by atoms with van der Waals surface area (Å²) in [7, 11) is 1.76. The molecule has 1 unspecified atom stereocenters. The lowest BCUT2D eigenvalue weighted by Crippen LogP contribution is -2.44. The van der Waals surface area contributed by atoms with Crippen LogP contribution in [-0.2, 0) is 4.79 Å². The topological polar surface area (TPSA) is 69.6 Å². The fourth-order valence-electron chi connectivity index (χ4n) is 1.98. The molecule has 0 radical (unpaired) electrons. The van der Waals surface area contributed by atoms with Crippen LogP contribution in [0.2, 0.25) is 0 Å². The minimum atomic E-state index is -0.810. The standard InChI is InChI=1S/C14H28N2O3/c1-6-11(4)16(5)14(19)15-9-12(7-10(2)3)8-13(17)18/h10-12H,6-9H2,1-5H3,(H,15,19)(H,17,18)/t11?,12-/m0/s1. The summed E-state index contributed by atoms with van der Waals surface area (Å²) in [4.78, 5) is 24.3. The monoisotopic (exact) mass is 272 g/mol. The number of carbonyl (C=O) groups is 2. The Hall–Kier alpha value is -1.26. The lowest BCUT2D eigenvalue weighted by Gasteiger charge is -2.25.